The maximum atomic E-state index is 15.5. The molecule has 2 fully saturated rings. The Balaban J connectivity index is 1.29. The second-order valence-electron chi connectivity index (χ2n) is 10.7. The van der Waals surface area contributed by atoms with E-state index >= 15 is 4.39 Å². The lowest BCUT2D eigenvalue weighted by Gasteiger charge is -2.19. The average molecular weight is 567 g/mol. The first-order valence-corrected chi connectivity index (χ1v) is 14.1. The number of Topliss-reactive ketones (excluding diaryl/α,β-unsaturated/α-hetero) is 1. The second kappa shape index (κ2) is 11.3. The molecule has 2 aromatic heterocycles. The molecule has 10 nitrogen and oxygen atoms in total. The van der Waals surface area contributed by atoms with Crippen molar-refractivity contribution < 1.29 is 13.9 Å². The van der Waals surface area contributed by atoms with E-state index in [2.05, 4.69) is 26.7 Å². The number of carbonyl (C=O) groups is 1. The summed E-state index contributed by atoms with van der Waals surface area (Å²) in [7, 11) is 0. The first-order valence-electron chi connectivity index (χ1n) is 14.1. The molecule has 0 spiro atoms. The van der Waals surface area contributed by atoms with Crippen molar-refractivity contribution in [3.05, 3.63) is 72.3 Å². The van der Waals surface area contributed by atoms with Gasteiger partial charge in [-0.2, -0.15) is 10.4 Å². The molecular weight excluding hydrogens is 535 g/mol. The predicted molar refractivity (Wildman–Crippen MR) is 156 cm³/mol. The monoisotopic (exact) mass is 566 g/mol. The third-order valence-electron chi connectivity index (χ3n) is 7.91. The maximum absolute atomic E-state index is 15.5. The number of rotatable bonds is 10. The molecule has 2 aromatic carbocycles. The van der Waals surface area contributed by atoms with Gasteiger partial charge in [0, 0.05) is 29.1 Å². The molecule has 4 aromatic rings. The summed E-state index contributed by atoms with van der Waals surface area (Å²) in [5, 5.41) is 21.8. The Morgan fingerprint density at radius 1 is 1.26 bits per heavy atom. The Kier molecular flexibility index (Phi) is 7.41. The largest absolute Gasteiger partial charge is 0.457 e. The van der Waals surface area contributed by atoms with Crippen LogP contribution < -0.4 is 21.1 Å². The van der Waals surface area contributed by atoms with Crippen LogP contribution in [0.5, 0.6) is 11.5 Å². The number of hydrogen-bond donors (Lipinski definition) is 3. The molecule has 6 rings (SSSR count). The SMILES string of the molecule is CCNC1(C=C(C#N)C(=O)C2CCNC2Cn2nc(-c3ccc(Oc4ccccc4)cc3F)c3c(N)ncnc32)CC1. The van der Waals surface area contributed by atoms with Gasteiger partial charge in [0.25, 0.3) is 0 Å². The van der Waals surface area contributed by atoms with Crippen LogP contribution in [0.4, 0.5) is 10.2 Å². The predicted octanol–water partition coefficient (Wildman–Crippen LogP) is 4.15. The van der Waals surface area contributed by atoms with Crippen molar-refractivity contribution in [2.75, 3.05) is 18.8 Å². The van der Waals surface area contributed by atoms with Gasteiger partial charge in [0.05, 0.1) is 17.5 Å². The number of nitriles is 1. The Hall–Kier alpha value is -4.66. The Morgan fingerprint density at radius 3 is 2.79 bits per heavy atom. The molecular formula is C31H31FN8O2. The minimum atomic E-state index is -0.538. The summed E-state index contributed by atoms with van der Waals surface area (Å²) < 4.78 is 22.9. The molecule has 1 saturated heterocycles. The molecule has 0 bridgehead atoms. The summed E-state index contributed by atoms with van der Waals surface area (Å²) in [5.74, 6) is -0.0262. The molecule has 2 aliphatic rings. The number of anilines is 1. The van der Waals surface area contributed by atoms with Gasteiger partial charge in [-0.15, -0.1) is 0 Å². The molecule has 2 atom stereocenters. The molecule has 1 aliphatic heterocycles. The van der Waals surface area contributed by atoms with E-state index in [1.165, 1.54) is 12.4 Å². The summed E-state index contributed by atoms with van der Waals surface area (Å²) >= 11 is 0. The number of hydrogen-bond acceptors (Lipinski definition) is 9. The fraction of sp³-hybridized carbons (Fsp3) is 0.323. The van der Waals surface area contributed by atoms with E-state index in [4.69, 9.17) is 15.6 Å². The maximum Gasteiger partial charge on any atom is 0.177 e. The summed E-state index contributed by atoms with van der Waals surface area (Å²) in [6, 6.07) is 15.5. The summed E-state index contributed by atoms with van der Waals surface area (Å²) in [5.41, 5.74) is 7.13. The van der Waals surface area contributed by atoms with Crippen LogP contribution in [0.3, 0.4) is 0 Å². The molecule has 1 aliphatic carbocycles. The van der Waals surface area contributed by atoms with Crippen molar-refractivity contribution in [1.29, 1.82) is 5.26 Å². The molecule has 214 valence electrons. The first kappa shape index (κ1) is 27.5. The van der Waals surface area contributed by atoms with Crippen LogP contribution in [-0.2, 0) is 11.3 Å². The molecule has 0 amide bonds. The molecule has 42 heavy (non-hydrogen) atoms. The quantitative estimate of drug-likeness (QED) is 0.190. The van der Waals surface area contributed by atoms with Crippen molar-refractivity contribution in [2.45, 2.75) is 44.3 Å². The van der Waals surface area contributed by atoms with Gasteiger partial charge < -0.3 is 21.1 Å². The number of carbonyl (C=O) groups excluding carboxylic acids is 1. The average Bonchev–Trinajstić information content (AvgIpc) is 3.41. The van der Waals surface area contributed by atoms with Crippen molar-refractivity contribution >= 4 is 22.6 Å². The number of allylic oxidation sites excluding steroid dienone is 1. The fourth-order valence-electron chi connectivity index (χ4n) is 5.68. The standard InChI is InChI=1S/C31H31FN8O2/c1-2-38-31(11-12-31)15-19(16-33)28(41)23-10-13-35-25(23)17-40-30-26(29(34)36-18-37-30)27(39-40)22-9-8-21(14-24(22)32)42-20-6-4-3-5-7-20/h3-9,14-15,18,23,25,35,38H,2,10-13,17H2,1H3,(H2,34,36,37). The lowest BCUT2D eigenvalue weighted by Crippen LogP contribution is -2.37. The van der Waals surface area contributed by atoms with Gasteiger partial charge in [-0.1, -0.05) is 25.1 Å². The highest BCUT2D eigenvalue weighted by Gasteiger charge is 2.42. The van der Waals surface area contributed by atoms with Crippen molar-refractivity contribution in [3.63, 3.8) is 0 Å². The molecule has 0 radical (unpaired) electrons. The van der Waals surface area contributed by atoms with Crippen LogP contribution in [0.1, 0.15) is 26.2 Å². The van der Waals surface area contributed by atoms with Crippen LogP contribution in [0.15, 0.2) is 66.5 Å². The highest BCUT2D eigenvalue weighted by molar-refractivity contribution is 6.01. The van der Waals surface area contributed by atoms with Crippen LogP contribution in [0.25, 0.3) is 22.3 Å². The number of ether oxygens (including phenoxy) is 1. The number of para-hydroxylation sites is 1. The number of ketones is 1. The topological polar surface area (TPSA) is 144 Å². The normalized spacial score (nSPS) is 19.5. The number of benzene rings is 2. The van der Waals surface area contributed by atoms with Crippen LogP contribution >= 0.6 is 0 Å². The number of fused-ring (bicyclic) bond motifs is 1. The highest BCUT2D eigenvalue weighted by atomic mass is 19.1. The lowest BCUT2D eigenvalue weighted by atomic mass is 9.90. The van der Waals surface area contributed by atoms with Gasteiger partial charge in [0.2, 0.25) is 0 Å². The number of likely N-dealkylation sites (N-methyl/N-ethyl adjacent to an activating group) is 1. The number of nitrogens with zero attached hydrogens (tertiary/aromatic N) is 5. The fourth-order valence-corrected chi connectivity index (χ4v) is 5.68. The zero-order chi connectivity index (χ0) is 29.3. The smallest absolute Gasteiger partial charge is 0.177 e. The summed E-state index contributed by atoms with van der Waals surface area (Å²) in [6.45, 7) is 3.67. The lowest BCUT2D eigenvalue weighted by molar-refractivity contribution is -0.119. The van der Waals surface area contributed by atoms with Crippen LogP contribution in [-0.4, -0.2) is 50.2 Å². The van der Waals surface area contributed by atoms with Crippen LogP contribution in [0.2, 0.25) is 0 Å². The molecule has 1 saturated carbocycles. The Labute approximate surface area is 242 Å². The van der Waals surface area contributed by atoms with Gasteiger partial charge >= 0.3 is 0 Å². The Bertz CT molecular complexity index is 1710. The third-order valence-corrected chi connectivity index (χ3v) is 7.91. The minimum Gasteiger partial charge on any atom is -0.457 e. The third kappa shape index (κ3) is 5.34. The van der Waals surface area contributed by atoms with E-state index < -0.39 is 11.7 Å². The minimum absolute atomic E-state index is 0.171. The van der Waals surface area contributed by atoms with Gasteiger partial charge in [0.15, 0.2) is 11.4 Å². The molecule has 2 unspecified atom stereocenters. The number of nitrogens with one attached hydrogen (secondary N) is 2. The van der Waals surface area contributed by atoms with E-state index in [9.17, 15) is 10.1 Å². The Morgan fingerprint density at radius 2 is 2.07 bits per heavy atom. The summed E-state index contributed by atoms with van der Waals surface area (Å²) in [6.07, 6.45) is 5.55. The second-order valence-corrected chi connectivity index (χ2v) is 10.7. The summed E-state index contributed by atoms with van der Waals surface area (Å²) in [4.78, 5) is 22.1. The van der Waals surface area contributed by atoms with E-state index in [0.717, 1.165) is 19.4 Å². The molecule has 3 heterocycles. The number of nitrogens with two attached hydrogens (primary N) is 1. The van der Waals surface area contributed by atoms with Gasteiger partial charge in [-0.05, 0) is 62.7 Å². The van der Waals surface area contributed by atoms with Crippen LogP contribution in [0, 0.1) is 23.1 Å². The highest BCUT2D eigenvalue weighted by Crippen LogP contribution is 2.39. The van der Waals surface area contributed by atoms with Crippen molar-refractivity contribution in [2.24, 2.45) is 5.92 Å². The van der Waals surface area contributed by atoms with Gasteiger partial charge in [-0.25, -0.2) is 19.0 Å². The van der Waals surface area contributed by atoms with E-state index in [-0.39, 0.29) is 40.9 Å². The molecule has 4 N–H and O–H groups in total. The zero-order valence-electron chi connectivity index (χ0n) is 23.2. The molecule has 11 heteroatoms. The number of aromatic nitrogens is 4. The van der Waals surface area contributed by atoms with E-state index in [1.54, 1.807) is 35.0 Å². The number of halogens is 1. The zero-order valence-corrected chi connectivity index (χ0v) is 23.2. The first-order chi connectivity index (χ1) is 20.4. The number of nitrogen functional groups attached to an aromatic ring is 1. The van der Waals surface area contributed by atoms with E-state index in [1.807, 2.05) is 25.1 Å². The van der Waals surface area contributed by atoms with Crippen molar-refractivity contribution in [1.82, 2.24) is 30.4 Å². The van der Waals surface area contributed by atoms with Gasteiger partial charge in [0.1, 0.15) is 41.2 Å². The van der Waals surface area contributed by atoms with Gasteiger partial charge in [-0.3, -0.25) is 4.79 Å². The van der Waals surface area contributed by atoms with E-state index in [0.29, 0.717) is 41.2 Å². The van der Waals surface area contributed by atoms with Crippen molar-refractivity contribution in [3.8, 4) is 28.8 Å².